The Bertz CT molecular complexity index is 1150. The van der Waals surface area contributed by atoms with Crippen LogP contribution in [0.15, 0.2) is 48.6 Å². The maximum atomic E-state index is 12.8. The number of esters is 3. The highest BCUT2D eigenvalue weighted by Gasteiger charge is 2.19. The third-order valence-corrected chi connectivity index (χ3v) is 12.6. The van der Waals surface area contributed by atoms with Crippen LogP contribution in [0.3, 0.4) is 0 Å². The molecule has 0 aromatic carbocycles. The maximum Gasteiger partial charge on any atom is 0.306 e. The summed E-state index contributed by atoms with van der Waals surface area (Å²) in [6.45, 7) is 6.62. The van der Waals surface area contributed by atoms with Crippen LogP contribution in [0, 0.1) is 0 Å². The Hall–Kier alpha value is -2.63. The molecule has 6 nitrogen and oxygen atoms in total. The predicted molar refractivity (Wildman–Crippen MR) is 284 cm³/mol. The molecule has 0 fully saturated rings. The second kappa shape index (κ2) is 55.0. The molecule has 0 aliphatic rings. The molecule has 0 spiro atoms. The molecular formula is C60H108O6. The van der Waals surface area contributed by atoms with Gasteiger partial charge in [0.25, 0.3) is 0 Å². The van der Waals surface area contributed by atoms with Gasteiger partial charge in [0.1, 0.15) is 13.2 Å². The zero-order chi connectivity index (χ0) is 47.9. The van der Waals surface area contributed by atoms with Crippen LogP contribution in [0.25, 0.3) is 0 Å². The fourth-order valence-corrected chi connectivity index (χ4v) is 8.21. The number of carbonyl (C=O) groups is 3. The summed E-state index contributed by atoms with van der Waals surface area (Å²) < 4.78 is 16.8. The van der Waals surface area contributed by atoms with Crippen molar-refractivity contribution in [3.8, 4) is 0 Å². The van der Waals surface area contributed by atoms with Crippen molar-refractivity contribution in [1.82, 2.24) is 0 Å². The fraction of sp³-hybridized carbons (Fsp3) is 0.817. The zero-order valence-corrected chi connectivity index (χ0v) is 44.0. The number of carbonyl (C=O) groups excluding carboxylic acids is 3. The van der Waals surface area contributed by atoms with Gasteiger partial charge in [-0.25, -0.2) is 0 Å². The van der Waals surface area contributed by atoms with Gasteiger partial charge in [0.2, 0.25) is 0 Å². The molecule has 6 heteroatoms. The molecule has 0 radical (unpaired) electrons. The minimum absolute atomic E-state index is 0.0763. The largest absolute Gasteiger partial charge is 0.462 e. The molecule has 0 amide bonds. The minimum atomic E-state index is -0.777. The summed E-state index contributed by atoms with van der Waals surface area (Å²) in [5.41, 5.74) is 0. The molecule has 0 saturated carbocycles. The number of allylic oxidation sites excluding steroid dienone is 8. The smallest absolute Gasteiger partial charge is 0.306 e. The normalized spacial score (nSPS) is 12.3. The molecule has 0 aliphatic carbocycles. The van der Waals surface area contributed by atoms with Gasteiger partial charge < -0.3 is 14.2 Å². The van der Waals surface area contributed by atoms with Crippen LogP contribution in [0.1, 0.15) is 297 Å². The molecule has 0 saturated heterocycles. The number of unbranched alkanes of at least 4 members (excludes halogenated alkanes) is 33. The van der Waals surface area contributed by atoms with E-state index in [0.717, 1.165) is 83.5 Å². The molecule has 1 atom stereocenters. The highest BCUT2D eigenvalue weighted by molar-refractivity contribution is 5.71. The van der Waals surface area contributed by atoms with Crippen LogP contribution < -0.4 is 0 Å². The Labute approximate surface area is 409 Å². The molecule has 0 bridgehead atoms. The van der Waals surface area contributed by atoms with Crippen molar-refractivity contribution in [3.05, 3.63) is 48.6 Å². The summed E-state index contributed by atoms with van der Waals surface area (Å²) in [5.74, 6) is -0.882. The molecule has 1 unspecified atom stereocenters. The van der Waals surface area contributed by atoms with Crippen molar-refractivity contribution in [2.45, 2.75) is 303 Å². The monoisotopic (exact) mass is 925 g/mol. The highest BCUT2D eigenvalue weighted by Crippen LogP contribution is 2.15. The Balaban J connectivity index is 4.28. The average molecular weight is 926 g/mol. The van der Waals surface area contributed by atoms with E-state index >= 15 is 0 Å². The molecule has 0 N–H and O–H groups in total. The first-order valence-corrected chi connectivity index (χ1v) is 28.6. The second-order valence-corrected chi connectivity index (χ2v) is 19.2. The molecule has 66 heavy (non-hydrogen) atoms. The van der Waals surface area contributed by atoms with E-state index in [1.807, 2.05) is 0 Å². The first-order valence-electron chi connectivity index (χ1n) is 28.6. The van der Waals surface area contributed by atoms with E-state index in [1.165, 1.54) is 173 Å². The molecule has 0 aromatic rings. The lowest BCUT2D eigenvalue weighted by Gasteiger charge is -2.18. The Morgan fingerprint density at radius 2 is 0.545 bits per heavy atom. The van der Waals surface area contributed by atoms with Crippen molar-refractivity contribution in [2.75, 3.05) is 13.2 Å². The van der Waals surface area contributed by atoms with Crippen LogP contribution in [0.5, 0.6) is 0 Å². The van der Waals surface area contributed by atoms with Gasteiger partial charge in [-0.1, -0.05) is 243 Å². The van der Waals surface area contributed by atoms with Crippen molar-refractivity contribution in [3.63, 3.8) is 0 Å². The van der Waals surface area contributed by atoms with Crippen molar-refractivity contribution < 1.29 is 28.6 Å². The summed E-state index contributed by atoms with van der Waals surface area (Å²) in [5, 5.41) is 0. The van der Waals surface area contributed by atoms with E-state index in [-0.39, 0.29) is 31.1 Å². The standard InChI is InChI=1S/C60H108O6/c1-4-7-10-13-16-19-22-24-26-27-28-29-30-31-32-33-35-36-38-41-44-47-50-53-59(62)65-56-57(55-64-58(61)52-49-46-43-40-21-18-15-12-9-6-3)66-60(63)54-51-48-45-42-39-37-34-25-23-20-17-14-11-8-5-2/h22,24-25,27-28,30-31,34,57H,4-21,23,26,29,32-33,35-56H2,1-3H3/b24-22-,28-27-,31-30-,34-25-. The third-order valence-electron chi connectivity index (χ3n) is 12.6. The Morgan fingerprint density at radius 3 is 0.864 bits per heavy atom. The van der Waals surface area contributed by atoms with Gasteiger partial charge in [0.05, 0.1) is 0 Å². The molecule has 0 rings (SSSR count). The molecule has 384 valence electrons. The summed E-state index contributed by atoms with van der Waals surface area (Å²) >= 11 is 0. The fourth-order valence-electron chi connectivity index (χ4n) is 8.21. The van der Waals surface area contributed by atoms with Crippen molar-refractivity contribution in [2.24, 2.45) is 0 Å². The summed E-state index contributed by atoms with van der Waals surface area (Å²) in [4.78, 5) is 38.0. The van der Waals surface area contributed by atoms with Crippen molar-refractivity contribution >= 4 is 17.9 Å². The van der Waals surface area contributed by atoms with Crippen LogP contribution in [0.4, 0.5) is 0 Å². The van der Waals surface area contributed by atoms with Gasteiger partial charge in [0.15, 0.2) is 6.10 Å². The van der Waals surface area contributed by atoms with Gasteiger partial charge in [0, 0.05) is 19.3 Å². The quantitative estimate of drug-likeness (QED) is 0.0262. The zero-order valence-electron chi connectivity index (χ0n) is 44.0. The lowest BCUT2D eigenvalue weighted by molar-refractivity contribution is -0.167. The van der Waals surface area contributed by atoms with Gasteiger partial charge >= 0.3 is 17.9 Å². The van der Waals surface area contributed by atoms with Crippen LogP contribution in [-0.4, -0.2) is 37.2 Å². The number of hydrogen-bond acceptors (Lipinski definition) is 6. The number of ether oxygens (including phenoxy) is 3. The molecular weight excluding hydrogens is 817 g/mol. The van der Waals surface area contributed by atoms with E-state index in [0.29, 0.717) is 19.3 Å². The number of rotatable bonds is 52. The Kier molecular flexibility index (Phi) is 52.8. The van der Waals surface area contributed by atoms with Crippen molar-refractivity contribution in [1.29, 1.82) is 0 Å². The van der Waals surface area contributed by atoms with Gasteiger partial charge in [-0.15, -0.1) is 0 Å². The summed E-state index contributed by atoms with van der Waals surface area (Å²) in [6, 6.07) is 0. The second-order valence-electron chi connectivity index (χ2n) is 19.2. The van der Waals surface area contributed by atoms with Gasteiger partial charge in [-0.2, -0.15) is 0 Å². The maximum absolute atomic E-state index is 12.8. The summed E-state index contributed by atoms with van der Waals surface area (Å²) in [6.07, 6.45) is 66.7. The van der Waals surface area contributed by atoms with Crippen LogP contribution in [0.2, 0.25) is 0 Å². The number of hydrogen-bond donors (Lipinski definition) is 0. The topological polar surface area (TPSA) is 78.9 Å². The van der Waals surface area contributed by atoms with E-state index in [2.05, 4.69) is 69.4 Å². The van der Waals surface area contributed by atoms with E-state index in [9.17, 15) is 14.4 Å². The van der Waals surface area contributed by atoms with Gasteiger partial charge in [-0.05, 0) is 83.5 Å². The minimum Gasteiger partial charge on any atom is -0.462 e. The first-order chi connectivity index (χ1) is 32.5. The lowest BCUT2D eigenvalue weighted by atomic mass is 10.1. The van der Waals surface area contributed by atoms with Crippen LogP contribution >= 0.6 is 0 Å². The predicted octanol–water partition coefficient (Wildman–Crippen LogP) is 19.0. The SMILES string of the molecule is CCCCCCC/C=C\C/C=C\C/C=C\CCCCCCCCCCC(=O)OCC(COC(=O)CCCCCCCCCCCC)OC(=O)CCCCCCC/C=C\CCCCCCCC. The average Bonchev–Trinajstić information content (AvgIpc) is 3.31. The van der Waals surface area contributed by atoms with E-state index in [1.54, 1.807) is 0 Å². The third kappa shape index (κ3) is 52.3. The van der Waals surface area contributed by atoms with E-state index < -0.39 is 6.10 Å². The van der Waals surface area contributed by atoms with E-state index in [4.69, 9.17) is 14.2 Å². The molecule has 0 heterocycles. The summed E-state index contributed by atoms with van der Waals surface area (Å²) in [7, 11) is 0. The van der Waals surface area contributed by atoms with Crippen LogP contribution in [-0.2, 0) is 28.6 Å². The Morgan fingerprint density at radius 1 is 0.303 bits per heavy atom. The van der Waals surface area contributed by atoms with Gasteiger partial charge in [-0.3, -0.25) is 14.4 Å². The highest BCUT2D eigenvalue weighted by atomic mass is 16.6. The molecule has 0 aromatic heterocycles. The first kappa shape index (κ1) is 63.4. The lowest BCUT2D eigenvalue weighted by Crippen LogP contribution is -2.30. The molecule has 0 aliphatic heterocycles.